The van der Waals surface area contributed by atoms with Crippen molar-refractivity contribution >= 4 is 23.2 Å². The molecule has 0 fully saturated rings. The normalized spacial score (nSPS) is 13.0. The fourth-order valence-electron chi connectivity index (χ4n) is 4.75. The summed E-state index contributed by atoms with van der Waals surface area (Å²) in [5.41, 5.74) is 2.04. The van der Waals surface area contributed by atoms with Crippen LogP contribution < -0.4 is 32.9 Å². The highest BCUT2D eigenvalue weighted by Crippen LogP contribution is 2.55. The van der Waals surface area contributed by atoms with Crippen LogP contribution in [0.15, 0.2) is 114 Å². The van der Waals surface area contributed by atoms with Crippen LogP contribution in [0, 0.1) is 5.92 Å². The number of hydrogen-bond donors (Lipinski definition) is 1. The average molecular weight is 566 g/mol. The van der Waals surface area contributed by atoms with Gasteiger partial charge >= 0.3 is 0 Å². The second kappa shape index (κ2) is 14.1. The van der Waals surface area contributed by atoms with Crippen LogP contribution >= 0.6 is 7.26 Å². The second-order valence-electron chi connectivity index (χ2n) is 10.5. The van der Waals surface area contributed by atoms with E-state index in [9.17, 15) is 5.11 Å². The molecule has 0 saturated heterocycles. The maximum Gasteiger partial charge on any atom is 0.115 e. The zero-order valence-corrected chi connectivity index (χ0v) is 25.0. The Morgan fingerprint density at radius 1 is 0.750 bits per heavy atom. The Balaban J connectivity index is 0.00000456. The molecule has 192 valence electrons. The Kier molecular flexibility index (Phi) is 11.8. The largest absolute Gasteiger partial charge is 1.00 e. The van der Waals surface area contributed by atoms with Gasteiger partial charge in [-0.05, 0) is 102 Å². The Morgan fingerprint density at radius 2 is 1.17 bits per heavy atom. The average Bonchev–Trinajstić information content (AvgIpc) is 2.85. The van der Waals surface area contributed by atoms with Gasteiger partial charge in [-0.1, -0.05) is 71.8 Å². The minimum atomic E-state index is -1.85. The molecule has 3 aromatic carbocycles. The van der Waals surface area contributed by atoms with Crippen LogP contribution in [0.3, 0.4) is 0 Å². The fraction of sp³-hybridized carbons (Fsp3) is 0.333. The lowest BCUT2D eigenvalue weighted by molar-refractivity contribution is -0.0000392. The van der Waals surface area contributed by atoms with Crippen LogP contribution in [0.2, 0.25) is 0 Å². The van der Waals surface area contributed by atoms with Crippen molar-refractivity contribution in [3.05, 3.63) is 114 Å². The fourth-order valence-corrected chi connectivity index (χ4v) is 8.90. The Hall–Kier alpha value is -1.99. The second-order valence-corrected chi connectivity index (χ2v) is 14.0. The third-order valence-electron chi connectivity index (χ3n) is 7.00. The van der Waals surface area contributed by atoms with Gasteiger partial charge in [0.15, 0.2) is 0 Å². The standard InChI is InChI=1S/C33H42OP.BrH/c1-27(2)21-23-29(33(4,5)34)24-22-28(3)25-26-35(30-15-9-6-10-16-30,31-17-11-7-12-18-31)32-19-13-8-14-20-32;/h6-21,25,29,34H,22-24,26H2,1-5H3;1H/q+1;/p-1/b28-25+;/t29-;/m0./s1. The molecule has 1 nitrogen and oxygen atoms in total. The maximum absolute atomic E-state index is 10.8. The summed E-state index contributed by atoms with van der Waals surface area (Å²) in [5.74, 6) is 0.248. The molecule has 3 heteroatoms. The van der Waals surface area contributed by atoms with Gasteiger partial charge in [-0.2, -0.15) is 0 Å². The van der Waals surface area contributed by atoms with E-state index in [1.165, 1.54) is 27.1 Å². The highest BCUT2D eigenvalue weighted by atomic mass is 79.9. The van der Waals surface area contributed by atoms with Gasteiger partial charge in [0.2, 0.25) is 0 Å². The topological polar surface area (TPSA) is 20.2 Å². The van der Waals surface area contributed by atoms with Crippen LogP contribution in [-0.2, 0) is 0 Å². The highest BCUT2D eigenvalue weighted by Gasteiger charge is 2.44. The molecular formula is C33H42BrOP. The zero-order chi connectivity index (χ0) is 25.3. The van der Waals surface area contributed by atoms with E-state index in [0.29, 0.717) is 0 Å². The van der Waals surface area contributed by atoms with Gasteiger partial charge in [-0.15, -0.1) is 0 Å². The smallest absolute Gasteiger partial charge is 0.115 e. The van der Waals surface area contributed by atoms with Gasteiger partial charge in [0.25, 0.3) is 0 Å². The van der Waals surface area contributed by atoms with Gasteiger partial charge in [-0.3, -0.25) is 0 Å². The van der Waals surface area contributed by atoms with E-state index >= 15 is 0 Å². The van der Waals surface area contributed by atoms with Crippen molar-refractivity contribution in [3.63, 3.8) is 0 Å². The summed E-state index contributed by atoms with van der Waals surface area (Å²) in [4.78, 5) is 0. The van der Waals surface area contributed by atoms with Crippen molar-refractivity contribution in [3.8, 4) is 0 Å². The van der Waals surface area contributed by atoms with E-state index in [1.54, 1.807) is 0 Å². The van der Waals surface area contributed by atoms with Gasteiger partial charge in [-0.25, -0.2) is 0 Å². The lowest BCUT2D eigenvalue weighted by Gasteiger charge is -2.29. The summed E-state index contributed by atoms with van der Waals surface area (Å²) in [6.07, 6.45) is 8.65. The summed E-state index contributed by atoms with van der Waals surface area (Å²) < 4.78 is 0. The number of hydrogen-bond acceptors (Lipinski definition) is 1. The monoisotopic (exact) mass is 564 g/mol. The quantitative estimate of drug-likeness (QED) is 0.269. The van der Waals surface area contributed by atoms with E-state index in [-0.39, 0.29) is 22.9 Å². The summed E-state index contributed by atoms with van der Waals surface area (Å²) in [6, 6.07) is 33.2. The maximum atomic E-state index is 10.8. The molecule has 0 unspecified atom stereocenters. The van der Waals surface area contributed by atoms with Crippen molar-refractivity contribution in [1.82, 2.24) is 0 Å². The molecule has 1 atom stereocenters. The summed E-state index contributed by atoms with van der Waals surface area (Å²) >= 11 is 0. The third kappa shape index (κ3) is 8.01. The number of halogens is 1. The molecule has 3 rings (SSSR count). The molecule has 0 aliphatic carbocycles. The first-order valence-corrected chi connectivity index (χ1v) is 14.8. The Bertz CT molecular complexity index is 998. The van der Waals surface area contributed by atoms with E-state index in [2.05, 4.69) is 124 Å². The molecule has 36 heavy (non-hydrogen) atoms. The first-order chi connectivity index (χ1) is 16.7. The summed E-state index contributed by atoms with van der Waals surface area (Å²) in [6.45, 7) is 10.4. The van der Waals surface area contributed by atoms with E-state index < -0.39 is 12.9 Å². The van der Waals surface area contributed by atoms with Crippen molar-refractivity contribution in [1.29, 1.82) is 0 Å². The molecule has 0 spiro atoms. The van der Waals surface area contributed by atoms with Gasteiger partial charge in [0.05, 0.1) is 11.8 Å². The molecule has 0 aliphatic heterocycles. The predicted molar refractivity (Wildman–Crippen MR) is 157 cm³/mol. The van der Waals surface area contributed by atoms with E-state index in [1.807, 2.05) is 13.8 Å². The predicted octanol–water partition coefficient (Wildman–Crippen LogP) is 4.45. The lowest BCUT2D eigenvalue weighted by Crippen LogP contribution is -3.00. The van der Waals surface area contributed by atoms with Gasteiger partial charge in [0.1, 0.15) is 23.2 Å². The molecule has 0 heterocycles. The highest BCUT2D eigenvalue weighted by molar-refractivity contribution is 7.95. The molecule has 0 bridgehead atoms. The number of rotatable bonds is 11. The third-order valence-corrected chi connectivity index (χ3v) is 11.3. The molecule has 0 aliphatic rings. The SMILES string of the molecule is CC(C)=CC[C@@H](CC/C(C)=C/C[P+](c1ccccc1)(c1ccccc1)c1ccccc1)C(C)(C)O.[Br-]. The van der Waals surface area contributed by atoms with Gasteiger partial charge < -0.3 is 22.1 Å². The first-order valence-electron chi connectivity index (χ1n) is 12.8. The summed E-state index contributed by atoms with van der Waals surface area (Å²) in [5, 5.41) is 15.0. The van der Waals surface area contributed by atoms with Crippen molar-refractivity contribution in [2.75, 3.05) is 6.16 Å². The molecule has 0 radical (unpaired) electrons. The van der Waals surface area contributed by atoms with Crippen LogP contribution in [0.5, 0.6) is 0 Å². The Morgan fingerprint density at radius 3 is 1.53 bits per heavy atom. The first kappa shape index (κ1) is 30.2. The summed E-state index contributed by atoms with van der Waals surface area (Å²) in [7, 11) is -1.85. The lowest BCUT2D eigenvalue weighted by atomic mass is 9.83. The number of aliphatic hydroxyl groups is 1. The van der Waals surface area contributed by atoms with Crippen LogP contribution in [-0.4, -0.2) is 16.9 Å². The minimum Gasteiger partial charge on any atom is -1.00 e. The van der Waals surface area contributed by atoms with Crippen molar-refractivity contribution in [2.45, 2.75) is 59.5 Å². The number of benzene rings is 3. The molecular weight excluding hydrogens is 523 g/mol. The molecule has 0 amide bonds. The van der Waals surface area contributed by atoms with E-state index in [4.69, 9.17) is 0 Å². The van der Waals surface area contributed by atoms with Crippen LogP contribution in [0.1, 0.15) is 53.9 Å². The molecule has 1 N–H and O–H groups in total. The van der Waals surface area contributed by atoms with Gasteiger partial charge in [0, 0.05) is 0 Å². The van der Waals surface area contributed by atoms with Crippen molar-refractivity contribution < 1.29 is 22.1 Å². The van der Waals surface area contributed by atoms with Crippen molar-refractivity contribution in [2.24, 2.45) is 5.92 Å². The van der Waals surface area contributed by atoms with E-state index in [0.717, 1.165) is 25.4 Å². The number of allylic oxidation sites excluding steroid dienone is 4. The minimum absolute atomic E-state index is 0. The van der Waals surface area contributed by atoms with Crippen LogP contribution in [0.25, 0.3) is 0 Å². The molecule has 0 aromatic heterocycles. The zero-order valence-electron chi connectivity index (χ0n) is 22.5. The van der Waals surface area contributed by atoms with Crippen LogP contribution in [0.4, 0.5) is 0 Å². The Labute approximate surface area is 230 Å². The molecule has 3 aromatic rings. The molecule has 0 saturated carbocycles.